The molecular weight excluding hydrogens is 394 g/mol. The number of para-hydroxylation sites is 1. The molecule has 2 aromatic carbocycles. The van der Waals surface area contributed by atoms with Gasteiger partial charge in [0.25, 0.3) is 0 Å². The standard InChI is InChI=1S/C24H29N3O2S/c1-18-22(23(27(5)26-18)29-20-9-7-6-8-10-20)17-25-28-15-16-30-21-13-11-19(12-14-21)24(2,3)4/h6-14,17H,15-16H2,1-5H3. The number of aromatic nitrogens is 2. The summed E-state index contributed by atoms with van der Waals surface area (Å²) in [7, 11) is 1.85. The van der Waals surface area contributed by atoms with Gasteiger partial charge in [-0.1, -0.05) is 56.3 Å². The fraction of sp³-hybridized carbons (Fsp3) is 0.333. The maximum atomic E-state index is 5.98. The molecule has 158 valence electrons. The van der Waals surface area contributed by atoms with E-state index in [1.165, 1.54) is 10.5 Å². The second-order valence-corrected chi connectivity index (χ2v) is 9.20. The maximum Gasteiger partial charge on any atom is 0.226 e. The Labute approximate surface area is 183 Å². The number of benzene rings is 2. The van der Waals surface area contributed by atoms with Gasteiger partial charge >= 0.3 is 0 Å². The summed E-state index contributed by atoms with van der Waals surface area (Å²) in [6.45, 7) is 9.12. The zero-order chi connectivity index (χ0) is 21.6. The van der Waals surface area contributed by atoms with Gasteiger partial charge in [-0.15, -0.1) is 11.8 Å². The van der Waals surface area contributed by atoms with Gasteiger partial charge in [0.1, 0.15) is 12.4 Å². The van der Waals surface area contributed by atoms with Gasteiger partial charge in [0, 0.05) is 17.7 Å². The highest BCUT2D eigenvalue weighted by molar-refractivity contribution is 7.99. The molecule has 0 radical (unpaired) electrons. The number of hydrogen-bond donors (Lipinski definition) is 0. The zero-order valence-electron chi connectivity index (χ0n) is 18.3. The van der Waals surface area contributed by atoms with E-state index in [0.717, 1.165) is 22.8 Å². The highest BCUT2D eigenvalue weighted by Gasteiger charge is 2.14. The molecule has 1 heterocycles. The highest BCUT2D eigenvalue weighted by atomic mass is 32.2. The second kappa shape index (κ2) is 9.85. The summed E-state index contributed by atoms with van der Waals surface area (Å²) in [6.07, 6.45) is 1.67. The summed E-state index contributed by atoms with van der Waals surface area (Å²) in [6, 6.07) is 18.4. The van der Waals surface area contributed by atoms with Crippen molar-refractivity contribution >= 4 is 18.0 Å². The predicted molar refractivity (Wildman–Crippen MR) is 124 cm³/mol. The molecule has 0 aliphatic heterocycles. The van der Waals surface area contributed by atoms with Gasteiger partial charge in [-0.2, -0.15) is 5.10 Å². The first-order chi connectivity index (χ1) is 14.3. The van der Waals surface area contributed by atoms with E-state index >= 15 is 0 Å². The minimum Gasteiger partial charge on any atom is -0.439 e. The molecule has 3 aromatic rings. The topological polar surface area (TPSA) is 48.6 Å². The van der Waals surface area contributed by atoms with Gasteiger partial charge in [-0.3, -0.25) is 0 Å². The van der Waals surface area contributed by atoms with Crippen LogP contribution in [0.3, 0.4) is 0 Å². The highest BCUT2D eigenvalue weighted by Crippen LogP contribution is 2.27. The quantitative estimate of drug-likeness (QED) is 0.194. The van der Waals surface area contributed by atoms with Crippen LogP contribution >= 0.6 is 11.8 Å². The van der Waals surface area contributed by atoms with E-state index < -0.39 is 0 Å². The smallest absolute Gasteiger partial charge is 0.226 e. The molecule has 0 saturated heterocycles. The van der Waals surface area contributed by atoms with Gasteiger partial charge in [-0.05, 0) is 42.2 Å². The second-order valence-electron chi connectivity index (χ2n) is 8.03. The average Bonchev–Trinajstić information content (AvgIpc) is 2.98. The molecule has 0 atom stereocenters. The van der Waals surface area contributed by atoms with Crippen molar-refractivity contribution in [1.82, 2.24) is 9.78 Å². The van der Waals surface area contributed by atoms with Gasteiger partial charge in [0.15, 0.2) is 0 Å². The van der Waals surface area contributed by atoms with Crippen molar-refractivity contribution in [2.45, 2.75) is 38.0 Å². The zero-order valence-corrected chi connectivity index (χ0v) is 19.1. The molecule has 0 N–H and O–H groups in total. The van der Waals surface area contributed by atoms with Crippen molar-refractivity contribution in [3.63, 3.8) is 0 Å². The lowest BCUT2D eigenvalue weighted by Crippen LogP contribution is -2.10. The minimum atomic E-state index is 0.175. The van der Waals surface area contributed by atoms with Crippen LogP contribution in [0.1, 0.15) is 37.6 Å². The molecule has 0 fully saturated rings. The molecule has 3 rings (SSSR count). The van der Waals surface area contributed by atoms with E-state index in [1.54, 1.807) is 22.7 Å². The molecule has 0 amide bonds. The van der Waals surface area contributed by atoms with Crippen LogP contribution in [0.25, 0.3) is 0 Å². The van der Waals surface area contributed by atoms with Crippen molar-refractivity contribution in [2.75, 3.05) is 12.4 Å². The van der Waals surface area contributed by atoms with E-state index in [0.29, 0.717) is 12.5 Å². The summed E-state index contributed by atoms with van der Waals surface area (Å²) in [5.41, 5.74) is 3.16. The van der Waals surface area contributed by atoms with Crippen LogP contribution in [0.2, 0.25) is 0 Å². The van der Waals surface area contributed by atoms with Crippen LogP contribution in [-0.2, 0) is 17.3 Å². The van der Waals surface area contributed by atoms with Gasteiger partial charge in [0.05, 0.1) is 17.5 Å². The first-order valence-corrected chi connectivity index (χ1v) is 11.0. The lowest BCUT2D eigenvalue weighted by molar-refractivity contribution is 0.163. The molecule has 0 aliphatic carbocycles. The van der Waals surface area contributed by atoms with Crippen molar-refractivity contribution < 1.29 is 9.57 Å². The third kappa shape index (κ3) is 5.89. The van der Waals surface area contributed by atoms with Crippen LogP contribution in [0, 0.1) is 6.92 Å². The number of ether oxygens (including phenoxy) is 1. The Morgan fingerprint density at radius 3 is 2.43 bits per heavy atom. The van der Waals surface area contributed by atoms with Crippen molar-refractivity contribution in [1.29, 1.82) is 0 Å². The van der Waals surface area contributed by atoms with Crippen LogP contribution in [0.15, 0.2) is 64.6 Å². The largest absolute Gasteiger partial charge is 0.439 e. The average molecular weight is 424 g/mol. The van der Waals surface area contributed by atoms with E-state index in [4.69, 9.17) is 9.57 Å². The third-order valence-electron chi connectivity index (χ3n) is 4.59. The first kappa shape index (κ1) is 22.0. The SMILES string of the molecule is Cc1nn(C)c(Oc2ccccc2)c1C=NOCCSc1ccc(C(C)(C)C)cc1. The molecule has 30 heavy (non-hydrogen) atoms. The Bertz CT molecular complexity index is 974. The summed E-state index contributed by atoms with van der Waals surface area (Å²) in [5.74, 6) is 2.22. The van der Waals surface area contributed by atoms with E-state index in [-0.39, 0.29) is 5.41 Å². The van der Waals surface area contributed by atoms with E-state index in [9.17, 15) is 0 Å². The van der Waals surface area contributed by atoms with E-state index in [1.807, 2.05) is 44.3 Å². The Balaban J connectivity index is 1.51. The fourth-order valence-electron chi connectivity index (χ4n) is 2.91. The molecule has 0 aliphatic rings. The molecule has 0 bridgehead atoms. The normalized spacial score (nSPS) is 11.8. The third-order valence-corrected chi connectivity index (χ3v) is 5.57. The Morgan fingerprint density at radius 1 is 1.07 bits per heavy atom. The number of thioether (sulfide) groups is 1. The molecule has 0 saturated carbocycles. The van der Waals surface area contributed by atoms with Gasteiger partial charge < -0.3 is 9.57 Å². The van der Waals surface area contributed by atoms with Crippen molar-refractivity contribution in [3.05, 3.63) is 71.4 Å². The van der Waals surface area contributed by atoms with E-state index in [2.05, 4.69) is 55.3 Å². The molecule has 5 nitrogen and oxygen atoms in total. The van der Waals surface area contributed by atoms with Crippen LogP contribution in [-0.4, -0.2) is 28.4 Å². The monoisotopic (exact) mass is 423 g/mol. The first-order valence-electron chi connectivity index (χ1n) is 10.00. The van der Waals surface area contributed by atoms with Crippen LogP contribution < -0.4 is 4.74 Å². The molecule has 0 unspecified atom stereocenters. The van der Waals surface area contributed by atoms with Gasteiger partial charge in [0.2, 0.25) is 5.88 Å². The van der Waals surface area contributed by atoms with Gasteiger partial charge in [-0.25, -0.2) is 4.68 Å². The maximum absolute atomic E-state index is 5.98. The predicted octanol–water partition coefficient (Wildman–Crippen LogP) is 5.96. The number of aryl methyl sites for hydroxylation is 2. The summed E-state index contributed by atoms with van der Waals surface area (Å²) in [5, 5.41) is 8.55. The Kier molecular flexibility index (Phi) is 7.21. The van der Waals surface area contributed by atoms with Crippen LogP contribution in [0.4, 0.5) is 0 Å². The summed E-state index contributed by atoms with van der Waals surface area (Å²) >= 11 is 1.76. The van der Waals surface area contributed by atoms with Crippen LogP contribution in [0.5, 0.6) is 11.6 Å². The number of nitrogens with zero attached hydrogens (tertiary/aromatic N) is 3. The molecule has 1 aromatic heterocycles. The number of hydrogen-bond acceptors (Lipinski definition) is 5. The van der Waals surface area contributed by atoms with Crippen molar-refractivity contribution in [3.8, 4) is 11.6 Å². The lowest BCUT2D eigenvalue weighted by atomic mass is 9.87. The number of oxime groups is 1. The molecular formula is C24H29N3O2S. The molecule has 6 heteroatoms. The number of rotatable bonds is 8. The summed E-state index contributed by atoms with van der Waals surface area (Å²) < 4.78 is 7.69. The fourth-order valence-corrected chi connectivity index (χ4v) is 3.64. The Hall–Kier alpha value is -2.73. The lowest BCUT2D eigenvalue weighted by Gasteiger charge is -2.19. The van der Waals surface area contributed by atoms with Crippen molar-refractivity contribution in [2.24, 2.45) is 12.2 Å². The molecule has 0 spiro atoms. The Morgan fingerprint density at radius 2 is 1.77 bits per heavy atom. The minimum absolute atomic E-state index is 0.175. The summed E-state index contributed by atoms with van der Waals surface area (Å²) in [4.78, 5) is 6.70.